The van der Waals surface area contributed by atoms with Crippen molar-refractivity contribution in [3.8, 4) is 6.07 Å². The zero-order chi connectivity index (χ0) is 13.4. The van der Waals surface area contributed by atoms with Crippen LogP contribution in [-0.2, 0) is 9.53 Å². The third-order valence-electron chi connectivity index (χ3n) is 2.73. The fourth-order valence-electron chi connectivity index (χ4n) is 1.77. The second-order valence-electron chi connectivity index (χ2n) is 5.70. The summed E-state index contributed by atoms with van der Waals surface area (Å²) in [6, 6.07) is 1.92. The Morgan fingerprint density at radius 1 is 1.53 bits per heavy atom. The van der Waals surface area contributed by atoms with Gasteiger partial charge in [-0.1, -0.05) is 0 Å². The molecule has 0 aromatic heterocycles. The third-order valence-corrected chi connectivity index (χ3v) is 2.73. The number of ketones is 1. The van der Waals surface area contributed by atoms with E-state index in [2.05, 4.69) is 0 Å². The highest BCUT2D eigenvalue weighted by Gasteiger charge is 2.50. The molecule has 1 aliphatic rings. The van der Waals surface area contributed by atoms with Gasteiger partial charge in [-0.2, -0.15) is 5.26 Å². The maximum atomic E-state index is 11.9. The molecule has 1 saturated heterocycles. The van der Waals surface area contributed by atoms with E-state index in [1.54, 1.807) is 34.6 Å². The zero-order valence-electron chi connectivity index (χ0n) is 10.9. The number of ether oxygens (including phenoxy) is 1. The lowest BCUT2D eigenvalue weighted by Crippen LogP contribution is -2.48. The van der Waals surface area contributed by atoms with Crippen molar-refractivity contribution in [3.63, 3.8) is 0 Å². The van der Waals surface area contributed by atoms with Crippen molar-refractivity contribution in [2.24, 2.45) is 5.92 Å². The lowest BCUT2D eigenvalue weighted by molar-refractivity contribution is -0.125. The Morgan fingerprint density at radius 3 is 2.41 bits per heavy atom. The van der Waals surface area contributed by atoms with Crippen LogP contribution in [0.1, 0.15) is 34.6 Å². The van der Waals surface area contributed by atoms with Crippen LogP contribution in [-0.4, -0.2) is 34.5 Å². The molecule has 5 nitrogen and oxygen atoms in total. The van der Waals surface area contributed by atoms with Crippen LogP contribution in [0.4, 0.5) is 4.79 Å². The average molecular weight is 238 g/mol. The molecule has 0 aromatic rings. The molecule has 0 aliphatic carbocycles. The number of hydrogen-bond acceptors (Lipinski definition) is 4. The molecule has 0 unspecified atom stereocenters. The summed E-state index contributed by atoms with van der Waals surface area (Å²) in [6.45, 7) is 8.66. The second-order valence-corrected chi connectivity index (χ2v) is 5.70. The van der Waals surface area contributed by atoms with E-state index in [9.17, 15) is 9.59 Å². The van der Waals surface area contributed by atoms with E-state index < -0.39 is 23.2 Å². The first-order chi connectivity index (χ1) is 7.59. The Hall–Kier alpha value is -1.57. The maximum Gasteiger partial charge on any atom is 0.411 e. The van der Waals surface area contributed by atoms with Crippen molar-refractivity contribution in [3.05, 3.63) is 0 Å². The number of hydrogen-bond donors (Lipinski definition) is 0. The minimum absolute atomic E-state index is 0.108. The van der Waals surface area contributed by atoms with E-state index in [0.29, 0.717) is 0 Å². The summed E-state index contributed by atoms with van der Waals surface area (Å²) in [7, 11) is 0. The summed E-state index contributed by atoms with van der Waals surface area (Å²) in [5.74, 6) is -0.983. The minimum atomic E-state index is -0.970. The van der Waals surface area contributed by atoms with Gasteiger partial charge >= 0.3 is 6.09 Å². The molecule has 0 saturated carbocycles. The number of nitrogens with zero attached hydrogens (tertiary/aromatic N) is 2. The van der Waals surface area contributed by atoms with Gasteiger partial charge in [-0.15, -0.1) is 0 Å². The number of nitriles is 1. The van der Waals surface area contributed by atoms with E-state index in [4.69, 9.17) is 10.00 Å². The molecule has 1 heterocycles. The first kappa shape index (κ1) is 13.5. The summed E-state index contributed by atoms with van der Waals surface area (Å²) >= 11 is 0. The van der Waals surface area contributed by atoms with Crippen molar-refractivity contribution in [2.45, 2.75) is 45.8 Å². The molecule has 94 valence electrons. The van der Waals surface area contributed by atoms with E-state index in [1.807, 2.05) is 6.07 Å². The van der Waals surface area contributed by atoms with Crippen LogP contribution >= 0.6 is 0 Å². The molecule has 1 rings (SSSR count). The smallest absolute Gasteiger partial charge is 0.411 e. The molecular formula is C12H18N2O3. The molecule has 0 N–H and O–H groups in total. The van der Waals surface area contributed by atoms with Gasteiger partial charge in [0, 0.05) is 6.54 Å². The van der Waals surface area contributed by atoms with Gasteiger partial charge in [0.2, 0.25) is 0 Å². The number of rotatable bonds is 0. The molecule has 1 amide bonds. The van der Waals surface area contributed by atoms with Gasteiger partial charge in [-0.05, 0) is 34.6 Å². The average Bonchev–Trinajstić information content (AvgIpc) is 2.36. The van der Waals surface area contributed by atoms with Gasteiger partial charge in [0.05, 0.1) is 6.07 Å². The van der Waals surface area contributed by atoms with Gasteiger partial charge < -0.3 is 4.74 Å². The summed E-state index contributed by atoms with van der Waals surface area (Å²) in [5, 5.41) is 8.85. The topological polar surface area (TPSA) is 70.4 Å². The Labute approximate surface area is 101 Å². The standard InChI is InChI=1S/C12H18N2O3/c1-11(2,3)17-10(16)14-7-8(6-13)9(15)12(14,4)5/h8H,7H2,1-5H3/t8-/m0/s1. The Morgan fingerprint density at radius 2 is 2.06 bits per heavy atom. The number of carbonyl (C=O) groups excluding carboxylic acids is 2. The molecule has 17 heavy (non-hydrogen) atoms. The molecule has 5 heteroatoms. The zero-order valence-corrected chi connectivity index (χ0v) is 10.9. The first-order valence-corrected chi connectivity index (χ1v) is 5.54. The molecular weight excluding hydrogens is 220 g/mol. The van der Waals surface area contributed by atoms with Gasteiger partial charge in [-0.3, -0.25) is 9.69 Å². The number of amides is 1. The molecule has 0 radical (unpaired) electrons. The van der Waals surface area contributed by atoms with Crippen LogP contribution in [0.2, 0.25) is 0 Å². The van der Waals surface area contributed by atoms with Crippen LogP contribution in [0.15, 0.2) is 0 Å². The van der Waals surface area contributed by atoms with Crippen LogP contribution in [0.3, 0.4) is 0 Å². The first-order valence-electron chi connectivity index (χ1n) is 5.54. The lowest BCUT2D eigenvalue weighted by Gasteiger charge is -2.31. The van der Waals surface area contributed by atoms with Crippen molar-refractivity contribution in [1.29, 1.82) is 5.26 Å². The summed E-state index contributed by atoms with van der Waals surface area (Å²) in [6.07, 6.45) is -0.548. The molecule has 0 bridgehead atoms. The molecule has 1 atom stereocenters. The monoisotopic (exact) mass is 238 g/mol. The van der Waals surface area contributed by atoms with Crippen molar-refractivity contribution in [2.75, 3.05) is 6.54 Å². The lowest BCUT2D eigenvalue weighted by atomic mass is 9.95. The summed E-state index contributed by atoms with van der Waals surface area (Å²) in [4.78, 5) is 25.1. The van der Waals surface area contributed by atoms with Crippen molar-refractivity contribution < 1.29 is 14.3 Å². The van der Waals surface area contributed by atoms with Crippen LogP contribution in [0.5, 0.6) is 0 Å². The van der Waals surface area contributed by atoms with E-state index in [-0.39, 0.29) is 12.3 Å². The van der Waals surface area contributed by atoms with E-state index in [0.717, 1.165) is 0 Å². The summed E-state index contributed by atoms with van der Waals surface area (Å²) < 4.78 is 5.22. The van der Waals surface area contributed by atoms with Crippen LogP contribution < -0.4 is 0 Å². The third kappa shape index (κ3) is 2.57. The molecule has 1 fully saturated rings. The van der Waals surface area contributed by atoms with E-state index in [1.165, 1.54) is 4.90 Å². The maximum absolute atomic E-state index is 11.9. The highest BCUT2D eigenvalue weighted by Crippen LogP contribution is 2.30. The molecule has 0 aromatic carbocycles. The highest BCUT2D eigenvalue weighted by molar-refractivity contribution is 5.97. The predicted molar refractivity (Wildman–Crippen MR) is 61.1 cm³/mol. The minimum Gasteiger partial charge on any atom is -0.444 e. The number of Topliss-reactive ketones (excluding diaryl/α,β-unsaturated/α-hetero) is 1. The Kier molecular flexibility index (Phi) is 3.19. The van der Waals surface area contributed by atoms with Gasteiger partial charge in [0.1, 0.15) is 17.1 Å². The van der Waals surface area contributed by atoms with Gasteiger partial charge in [-0.25, -0.2) is 4.79 Å². The van der Waals surface area contributed by atoms with Crippen molar-refractivity contribution in [1.82, 2.24) is 4.90 Å². The predicted octanol–water partition coefficient (Wildman–Crippen LogP) is 1.72. The fourth-order valence-corrected chi connectivity index (χ4v) is 1.77. The van der Waals surface area contributed by atoms with Gasteiger partial charge in [0.25, 0.3) is 0 Å². The molecule has 0 spiro atoms. The second kappa shape index (κ2) is 4.02. The summed E-state index contributed by atoms with van der Waals surface area (Å²) in [5.41, 5.74) is -1.58. The number of likely N-dealkylation sites (tertiary alicyclic amines) is 1. The SMILES string of the molecule is CC(C)(C)OC(=O)N1C[C@H](C#N)C(=O)C1(C)C. The normalized spacial score (nSPS) is 23.4. The Bertz CT molecular complexity index is 388. The van der Waals surface area contributed by atoms with Gasteiger partial charge in [0.15, 0.2) is 5.78 Å². The molecule has 1 aliphatic heterocycles. The fraction of sp³-hybridized carbons (Fsp3) is 0.750. The highest BCUT2D eigenvalue weighted by atomic mass is 16.6. The number of carbonyl (C=O) groups is 2. The Balaban J connectivity index is 2.90. The largest absolute Gasteiger partial charge is 0.444 e. The van der Waals surface area contributed by atoms with Crippen LogP contribution in [0, 0.1) is 17.2 Å². The van der Waals surface area contributed by atoms with E-state index >= 15 is 0 Å². The van der Waals surface area contributed by atoms with Crippen LogP contribution in [0.25, 0.3) is 0 Å². The quantitative estimate of drug-likeness (QED) is 0.644. The van der Waals surface area contributed by atoms with Crippen molar-refractivity contribution >= 4 is 11.9 Å².